The summed E-state index contributed by atoms with van der Waals surface area (Å²) >= 11 is 0. The van der Waals surface area contributed by atoms with E-state index in [0.717, 1.165) is 31.3 Å². The van der Waals surface area contributed by atoms with Gasteiger partial charge in [-0.1, -0.05) is 115 Å². The first-order valence-corrected chi connectivity index (χ1v) is 43.9. The molecule has 18 heteroatoms. The number of carbonyl (C=O) groups is 2. The Morgan fingerprint density at radius 2 is 1.29 bits per heavy atom. The Morgan fingerprint density at radius 1 is 0.690 bits per heavy atom. The minimum Gasteiger partial charge on any atom is -0.458 e. The molecule has 6 aliphatic heterocycles. The molecule has 6 rings (SSSR count). The van der Waals surface area contributed by atoms with E-state index in [0.29, 0.717) is 50.7 Å². The van der Waals surface area contributed by atoms with Gasteiger partial charge in [0.1, 0.15) is 36.3 Å². The van der Waals surface area contributed by atoms with Crippen LogP contribution in [0.2, 0.25) is 72.5 Å². The van der Waals surface area contributed by atoms with Gasteiger partial charge in [-0.2, -0.15) is 0 Å². The summed E-state index contributed by atoms with van der Waals surface area (Å²) in [6.45, 7) is 57.5. The molecule has 14 nitrogen and oxygen atoms in total. The van der Waals surface area contributed by atoms with Gasteiger partial charge in [-0.3, -0.25) is 9.59 Å². The Balaban J connectivity index is 1.56. The summed E-state index contributed by atoms with van der Waals surface area (Å²) in [5.74, 6) is -1.15. The maximum atomic E-state index is 15.0. The molecule has 6 bridgehead atoms. The monoisotopic (exact) mass is 1250 g/mol. The van der Waals surface area contributed by atoms with Crippen LogP contribution in [-0.4, -0.2) is 161 Å². The van der Waals surface area contributed by atoms with Crippen LogP contribution >= 0.6 is 0 Å². The normalized spacial score (nSPS) is 34.7. The van der Waals surface area contributed by atoms with Crippen LogP contribution in [0.3, 0.4) is 0 Å². The number of carbonyl (C=O) groups excluding carboxylic acids is 2. The summed E-state index contributed by atoms with van der Waals surface area (Å²) in [7, 11) is -7.84. The van der Waals surface area contributed by atoms with Crippen molar-refractivity contribution in [1.82, 2.24) is 0 Å². The van der Waals surface area contributed by atoms with Gasteiger partial charge in [0.2, 0.25) is 0 Å². The third-order valence-corrected chi connectivity index (χ3v) is 39.3. The Kier molecular flexibility index (Phi) is 25.3. The summed E-state index contributed by atoms with van der Waals surface area (Å²) < 4.78 is 69.5. The number of methoxy groups -OCH3 is 1. The van der Waals surface area contributed by atoms with E-state index < -0.39 is 118 Å². The molecule has 0 aliphatic carbocycles. The minimum absolute atomic E-state index is 0.0195. The van der Waals surface area contributed by atoms with E-state index in [9.17, 15) is 19.8 Å². The molecule has 0 aromatic carbocycles. The van der Waals surface area contributed by atoms with Gasteiger partial charge < -0.3 is 56.3 Å². The van der Waals surface area contributed by atoms with Gasteiger partial charge in [0, 0.05) is 45.6 Å². The highest BCUT2D eigenvalue weighted by atomic mass is 28.4. The average Bonchev–Trinajstić information content (AvgIpc) is 3.90. The summed E-state index contributed by atoms with van der Waals surface area (Å²) in [5, 5.41) is 24.1. The second kappa shape index (κ2) is 29.0. The van der Waals surface area contributed by atoms with Crippen molar-refractivity contribution >= 4 is 45.0 Å². The van der Waals surface area contributed by atoms with Crippen molar-refractivity contribution in [2.75, 3.05) is 13.7 Å². The third kappa shape index (κ3) is 19.2. The number of Topliss-reactive ketones (excluding diaryl/α,β-unsaturated/α-hetero) is 1. The zero-order valence-electron chi connectivity index (χ0n) is 57.1. The largest absolute Gasteiger partial charge is 0.458 e. The molecule has 0 amide bonds. The molecule has 0 radical (unpaired) electrons. The molecule has 13 unspecified atom stereocenters. The van der Waals surface area contributed by atoms with Crippen molar-refractivity contribution in [1.29, 1.82) is 0 Å². The highest BCUT2D eigenvalue weighted by Gasteiger charge is 2.56. The molecule has 2 N–H and O–H groups in total. The van der Waals surface area contributed by atoms with Crippen LogP contribution in [0.1, 0.15) is 180 Å². The molecule has 17 atom stereocenters. The van der Waals surface area contributed by atoms with Crippen LogP contribution < -0.4 is 0 Å². The lowest BCUT2D eigenvalue weighted by Gasteiger charge is -2.53. The van der Waals surface area contributed by atoms with Crippen LogP contribution in [0.5, 0.6) is 0 Å². The Morgan fingerprint density at radius 3 is 1.87 bits per heavy atom. The number of fused-ring (bicyclic) bond motifs is 15. The summed E-state index contributed by atoms with van der Waals surface area (Å²) in [4.78, 5) is 28.1. The molecule has 0 aromatic heterocycles. The summed E-state index contributed by atoms with van der Waals surface area (Å²) in [5.41, 5.74) is 1.73. The zero-order chi connectivity index (χ0) is 63.5. The van der Waals surface area contributed by atoms with Gasteiger partial charge >= 0.3 is 5.97 Å². The van der Waals surface area contributed by atoms with Gasteiger partial charge in [-0.05, 0) is 147 Å². The second-order valence-corrected chi connectivity index (χ2v) is 51.3. The van der Waals surface area contributed by atoms with Crippen molar-refractivity contribution < 1.29 is 65.9 Å². The van der Waals surface area contributed by atoms with Gasteiger partial charge in [-0.25, -0.2) is 0 Å². The lowest BCUT2D eigenvalue weighted by atomic mass is 9.82. The third-order valence-electron chi connectivity index (χ3n) is 21.3. The zero-order valence-corrected chi connectivity index (χ0v) is 61.1. The standard InChI is InChI=1S/C66H122O14Si4/c1-42-35-46(68)31-33-52-43(2)36-48(74-52)29-27-26-28-30-54(79-83(22,23)65(11,12)13)61-62(80-84(24,25)66(14,15)16)58(70)60-53(77-61)34-32-49(75-60)37-47(69)38-51-56(40-55(44(42)3)73-45(4)67)76-57(59(51)71-17)39-50(78-82(20,21)64(8,9)10)41-72-81(18,19)63(5,6)7/h28,30,42,46,48-62,68,70H,2-3,26-27,29,31-41H2,1,4-25H3/b30-28+/t42?,46?,48?,49?,50?,51?,52?,53-,54?,55?,56?,57+,58-,59+,60?,61?,62?/m0/s1. The van der Waals surface area contributed by atoms with E-state index in [1.165, 1.54) is 6.92 Å². The summed E-state index contributed by atoms with van der Waals surface area (Å²) in [6.07, 6.45) is 3.22. The van der Waals surface area contributed by atoms with Crippen LogP contribution in [-0.2, 0) is 55.7 Å². The number of ether oxygens (including phenoxy) is 6. The lowest BCUT2D eigenvalue weighted by molar-refractivity contribution is -0.269. The Bertz CT molecular complexity index is 2210. The van der Waals surface area contributed by atoms with E-state index in [1.807, 2.05) is 6.92 Å². The molecule has 84 heavy (non-hydrogen) atoms. The molecule has 4 fully saturated rings. The topological polar surface area (TPSA) is 167 Å². The van der Waals surface area contributed by atoms with Crippen LogP contribution in [0.15, 0.2) is 36.5 Å². The number of esters is 1. The molecular formula is C66H122O14Si4. The first kappa shape index (κ1) is 73.5. The van der Waals surface area contributed by atoms with Crippen LogP contribution in [0.25, 0.3) is 0 Å². The van der Waals surface area contributed by atoms with Gasteiger partial charge in [-0.15, -0.1) is 0 Å². The van der Waals surface area contributed by atoms with E-state index in [4.69, 9.17) is 46.1 Å². The number of aliphatic hydroxyl groups excluding tert-OH is 2. The lowest BCUT2D eigenvalue weighted by Crippen LogP contribution is -2.67. The van der Waals surface area contributed by atoms with Crippen LogP contribution in [0.4, 0.5) is 0 Å². The molecular weight excluding hydrogens is 1130 g/mol. The SMILES string of the molecule is C=C1CC2CCC/C=C/C(O[Si](C)(C)C(C)(C)C)C3O[C@H]4CCC(CC(=O)CC5C(CC(OC(C)=O)C(=C)C(C)CC(O)CCC1O2)O[C@H](CC(CO[Si](C)(C)C(C)(C)C)O[Si](C)(C)C(C)(C)C)[C@@H]5OC)OC4[C@H](O)C3O[Si](C)(C)C(C)(C)C. The number of allylic oxidation sites excluding steroid dienone is 1. The van der Waals surface area contributed by atoms with E-state index in [2.05, 4.69) is 161 Å². The number of hydrogen-bond donors (Lipinski definition) is 2. The van der Waals surface area contributed by atoms with Gasteiger partial charge in [0.05, 0.1) is 67.6 Å². The van der Waals surface area contributed by atoms with Crippen LogP contribution in [0, 0.1) is 11.8 Å². The summed E-state index contributed by atoms with van der Waals surface area (Å²) in [6, 6.07) is 0. The first-order valence-electron chi connectivity index (χ1n) is 32.3. The highest BCUT2D eigenvalue weighted by molar-refractivity contribution is 6.75. The van der Waals surface area contributed by atoms with E-state index in [1.54, 1.807) is 7.11 Å². The van der Waals surface area contributed by atoms with E-state index in [-0.39, 0.29) is 69.4 Å². The first-order chi connectivity index (χ1) is 38.4. The molecule has 4 saturated heterocycles. The highest BCUT2D eigenvalue weighted by Crippen LogP contribution is 2.47. The second-order valence-electron chi connectivity index (χ2n) is 32.2. The number of ketones is 1. The predicted octanol–water partition coefficient (Wildman–Crippen LogP) is 14.5. The molecule has 0 aromatic rings. The minimum atomic E-state index is -2.54. The predicted molar refractivity (Wildman–Crippen MR) is 347 cm³/mol. The molecule has 6 heterocycles. The maximum absolute atomic E-state index is 15.0. The van der Waals surface area contributed by atoms with Crippen molar-refractivity contribution in [2.45, 2.75) is 344 Å². The number of rotatable bonds is 13. The maximum Gasteiger partial charge on any atom is 0.303 e. The van der Waals surface area contributed by atoms with Crippen molar-refractivity contribution in [3.63, 3.8) is 0 Å². The van der Waals surface area contributed by atoms with Crippen molar-refractivity contribution in [2.24, 2.45) is 11.8 Å². The fourth-order valence-electron chi connectivity index (χ4n) is 11.8. The molecule has 0 spiro atoms. The number of aliphatic hydroxyl groups is 2. The van der Waals surface area contributed by atoms with Crippen molar-refractivity contribution in [3.05, 3.63) is 36.5 Å². The van der Waals surface area contributed by atoms with E-state index >= 15 is 0 Å². The Labute approximate surface area is 514 Å². The van der Waals surface area contributed by atoms with Gasteiger partial charge in [0.25, 0.3) is 0 Å². The smallest absolute Gasteiger partial charge is 0.303 e. The fraction of sp³-hybridized carbons (Fsp3) is 0.879. The Hall–Kier alpha value is -1.21. The van der Waals surface area contributed by atoms with Gasteiger partial charge in [0.15, 0.2) is 33.3 Å². The molecule has 486 valence electrons. The molecule has 0 saturated carbocycles. The quantitative estimate of drug-likeness (QED) is 0.102. The average molecular weight is 1250 g/mol. The fourth-order valence-corrected chi connectivity index (χ4v) is 16.7. The molecule has 6 aliphatic rings. The van der Waals surface area contributed by atoms with Crippen molar-refractivity contribution in [3.8, 4) is 0 Å². The number of hydrogen-bond acceptors (Lipinski definition) is 14.